The molecular formula is C16H20ClNO4. The van der Waals surface area contributed by atoms with Crippen LogP contribution in [0.15, 0.2) is 24.3 Å². The fourth-order valence-corrected chi connectivity index (χ4v) is 2.00. The number of carboxylic acid groups (broad SMARTS) is 1. The third-order valence-corrected chi connectivity index (χ3v) is 3.15. The molecule has 1 rings (SSSR count). The molecule has 120 valence electrons. The molecule has 0 aromatic heterocycles. The van der Waals surface area contributed by atoms with Crippen molar-refractivity contribution in [3.8, 4) is 5.75 Å². The van der Waals surface area contributed by atoms with Crippen LogP contribution in [0.4, 0.5) is 0 Å². The largest absolute Gasteiger partial charge is 0.493 e. The molecule has 1 unspecified atom stereocenters. The molecule has 0 spiro atoms. The standard InChI is InChI=1S/C16H20ClNO4/c1-4-22-13-7-6-12(17)9-11(13)5-8-14(19)18-15(10(2)3)16(20)21/h5-10,15H,4H2,1-3H3,(H,18,19)(H,20,21)/b8-5+. The van der Waals surface area contributed by atoms with Gasteiger partial charge in [-0.15, -0.1) is 0 Å². The summed E-state index contributed by atoms with van der Waals surface area (Å²) in [5.41, 5.74) is 0.654. The number of carbonyl (C=O) groups is 2. The maximum absolute atomic E-state index is 11.9. The minimum absolute atomic E-state index is 0.208. The lowest BCUT2D eigenvalue weighted by atomic mass is 10.0. The first kappa shape index (κ1) is 18.0. The van der Waals surface area contributed by atoms with Gasteiger partial charge in [-0.3, -0.25) is 4.79 Å². The summed E-state index contributed by atoms with van der Waals surface area (Å²) in [5, 5.41) is 12.0. The minimum atomic E-state index is -1.06. The van der Waals surface area contributed by atoms with Crippen molar-refractivity contribution in [1.82, 2.24) is 5.32 Å². The van der Waals surface area contributed by atoms with Gasteiger partial charge in [0, 0.05) is 16.7 Å². The number of nitrogens with one attached hydrogen (secondary N) is 1. The van der Waals surface area contributed by atoms with Crippen LogP contribution in [0.25, 0.3) is 6.08 Å². The van der Waals surface area contributed by atoms with Gasteiger partial charge in [-0.25, -0.2) is 4.79 Å². The number of ether oxygens (including phenoxy) is 1. The van der Waals surface area contributed by atoms with Gasteiger partial charge in [0.15, 0.2) is 0 Å². The second kappa shape index (κ2) is 8.44. The second-order valence-corrected chi connectivity index (χ2v) is 5.45. The first-order valence-electron chi connectivity index (χ1n) is 6.98. The lowest BCUT2D eigenvalue weighted by Crippen LogP contribution is -2.43. The number of amides is 1. The van der Waals surface area contributed by atoms with Gasteiger partial charge >= 0.3 is 5.97 Å². The molecule has 0 aliphatic rings. The van der Waals surface area contributed by atoms with Gasteiger partial charge in [0.1, 0.15) is 11.8 Å². The van der Waals surface area contributed by atoms with Gasteiger partial charge in [-0.2, -0.15) is 0 Å². The number of carboxylic acids is 1. The van der Waals surface area contributed by atoms with E-state index in [9.17, 15) is 9.59 Å². The van der Waals surface area contributed by atoms with Crippen molar-refractivity contribution in [3.63, 3.8) is 0 Å². The molecule has 1 atom stereocenters. The van der Waals surface area contributed by atoms with E-state index in [2.05, 4.69) is 5.32 Å². The number of aliphatic carboxylic acids is 1. The van der Waals surface area contributed by atoms with Crippen LogP contribution in [0.2, 0.25) is 5.02 Å². The molecule has 0 saturated heterocycles. The Balaban J connectivity index is 2.85. The van der Waals surface area contributed by atoms with Crippen LogP contribution in [-0.4, -0.2) is 29.6 Å². The summed E-state index contributed by atoms with van der Waals surface area (Å²) in [6, 6.07) is 4.16. The molecule has 0 aliphatic carbocycles. The fraction of sp³-hybridized carbons (Fsp3) is 0.375. The van der Waals surface area contributed by atoms with Gasteiger partial charge in [0.25, 0.3) is 0 Å². The smallest absolute Gasteiger partial charge is 0.326 e. The summed E-state index contributed by atoms with van der Waals surface area (Å²) >= 11 is 5.93. The van der Waals surface area contributed by atoms with E-state index in [0.717, 1.165) is 0 Å². The molecule has 6 heteroatoms. The van der Waals surface area contributed by atoms with Crippen molar-refractivity contribution >= 4 is 29.6 Å². The Morgan fingerprint density at radius 1 is 1.41 bits per heavy atom. The normalized spacial score (nSPS) is 12.4. The lowest BCUT2D eigenvalue weighted by molar-refractivity contribution is -0.142. The zero-order valence-corrected chi connectivity index (χ0v) is 13.6. The Morgan fingerprint density at radius 2 is 2.09 bits per heavy atom. The van der Waals surface area contributed by atoms with Crippen LogP contribution in [0.5, 0.6) is 5.75 Å². The highest BCUT2D eigenvalue weighted by Gasteiger charge is 2.22. The second-order valence-electron chi connectivity index (χ2n) is 5.02. The van der Waals surface area contributed by atoms with E-state index in [0.29, 0.717) is 22.9 Å². The lowest BCUT2D eigenvalue weighted by Gasteiger charge is -2.16. The van der Waals surface area contributed by atoms with E-state index in [1.54, 1.807) is 38.1 Å². The third kappa shape index (κ3) is 5.41. The van der Waals surface area contributed by atoms with Gasteiger partial charge < -0.3 is 15.2 Å². The molecule has 0 radical (unpaired) electrons. The summed E-state index contributed by atoms with van der Waals surface area (Å²) < 4.78 is 5.45. The molecule has 1 aromatic rings. The van der Waals surface area contributed by atoms with Crippen LogP contribution < -0.4 is 10.1 Å². The monoisotopic (exact) mass is 325 g/mol. The maximum atomic E-state index is 11.9. The van der Waals surface area contributed by atoms with Crippen molar-refractivity contribution in [1.29, 1.82) is 0 Å². The molecule has 2 N–H and O–H groups in total. The highest BCUT2D eigenvalue weighted by atomic mass is 35.5. The van der Waals surface area contributed by atoms with Crippen molar-refractivity contribution < 1.29 is 19.4 Å². The van der Waals surface area contributed by atoms with Crippen molar-refractivity contribution in [2.45, 2.75) is 26.8 Å². The zero-order chi connectivity index (χ0) is 16.7. The van der Waals surface area contributed by atoms with E-state index >= 15 is 0 Å². The van der Waals surface area contributed by atoms with E-state index in [1.165, 1.54) is 6.08 Å². The van der Waals surface area contributed by atoms with Gasteiger partial charge in [0.05, 0.1) is 6.61 Å². The van der Waals surface area contributed by atoms with Gasteiger partial charge in [-0.05, 0) is 37.1 Å². The van der Waals surface area contributed by atoms with Gasteiger partial charge in [0.2, 0.25) is 5.91 Å². The molecule has 0 aliphatic heterocycles. The van der Waals surface area contributed by atoms with Crippen molar-refractivity contribution in [2.24, 2.45) is 5.92 Å². The highest BCUT2D eigenvalue weighted by Crippen LogP contribution is 2.24. The summed E-state index contributed by atoms with van der Waals surface area (Å²) in [7, 11) is 0. The molecule has 0 bridgehead atoms. The summed E-state index contributed by atoms with van der Waals surface area (Å²) in [6.07, 6.45) is 2.82. The third-order valence-electron chi connectivity index (χ3n) is 2.92. The zero-order valence-electron chi connectivity index (χ0n) is 12.8. The summed E-state index contributed by atoms with van der Waals surface area (Å²) in [4.78, 5) is 22.9. The average Bonchev–Trinajstić information content (AvgIpc) is 2.44. The first-order chi connectivity index (χ1) is 10.3. The van der Waals surface area contributed by atoms with Crippen LogP contribution in [0.1, 0.15) is 26.3 Å². The Labute approximate surface area is 134 Å². The number of benzene rings is 1. The van der Waals surface area contributed by atoms with Gasteiger partial charge in [-0.1, -0.05) is 25.4 Å². The van der Waals surface area contributed by atoms with Crippen LogP contribution in [0, 0.1) is 5.92 Å². The Morgan fingerprint density at radius 3 is 2.64 bits per heavy atom. The van der Waals surface area contributed by atoms with Crippen molar-refractivity contribution in [3.05, 3.63) is 34.9 Å². The number of halogens is 1. The molecule has 1 amide bonds. The Bertz CT molecular complexity index is 569. The van der Waals surface area contributed by atoms with E-state index in [-0.39, 0.29) is 5.92 Å². The van der Waals surface area contributed by atoms with E-state index in [4.69, 9.17) is 21.4 Å². The molecule has 1 aromatic carbocycles. The Hall–Kier alpha value is -2.01. The molecule has 5 nitrogen and oxygen atoms in total. The minimum Gasteiger partial charge on any atom is -0.493 e. The SMILES string of the molecule is CCOc1ccc(Cl)cc1/C=C/C(=O)NC(C(=O)O)C(C)C. The molecule has 0 heterocycles. The van der Waals surface area contributed by atoms with Crippen LogP contribution in [0.3, 0.4) is 0 Å². The quantitative estimate of drug-likeness (QED) is 0.756. The molecule has 0 fully saturated rings. The van der Waals surface area contributed by atoms with Crippen LogP contribution >= 0.6 is 11.6 Å². The fourth-order valence-electron chi connectivity index (χ4n) is 1.82. The number of hydrogen-bond acceptors (Lipinski definition) is 3. The molecule has 22 heavy (non-hydrogen) atoms. The summed E-state index contributed by atoms with van der Waals surface area (Å²) in [6.45, 7) is 5.80. The first-order valence-corrected chi connectivity index (χ1v) is 7.36. The predicted molar refractivity (Wildman–Crippen MR) is 86.1 cm³/mol. The molecule has 0 saturated carbocycles. The number of carbonyl (C=O) groups excluding carboxylic acids is 1. The Kier molecular flexibility index (Phi) is 6.92. The number of hydrogen-bond donors (Lipinski definition) is 2. The molecular weight excluding hydrogens is 306 g/mol. The predicted octanol–water partition coefficient (Wildman–Crippen LogP) is 2.98. The number of rotatable bonds is 7. The van der Waals surface area contributed by atoms with E-state index in [1.807, 2.05) is 6.92 Å². The van der Waals surface area contributed by atoms with Crippen LogP contribution in [-0.2, 0) is 9.59 Å². The summed E-state index contributed by atoms with van der Waals surface area (Å²) in [5.74, 6) is -1.15. The average molecular weight is 326 g/mol. The topological polar surface area (TPSA) is 75.6 Å². The van der Waals surface area contributed by atoms with E-state index < -0.39 is 17.9 Å². The highest BCUT2D eigenvalue weighted by molar-refractivity contribution is 6.30. The van der Waals surface area contributed by atoms with Crippen molar-refractivity contribution in [2.75, 3.05) is 6.61 Å². The maximum Gasteiger partial charge on any atom is 0.326 e.